The van der Waals surface area contributed by atoms with Crippen molar-refractivity contribution < 1.29 is 22.6 Å². The topological polar surface area (TPSA) is 30.5 Å². The molecule has 1 saturated heterocycles. The maximum absolute atomic E-state index is 12.1. The summed E-state index contributed by atoms with van der Waals surface area (Å²) < 4.78 is 47.1. The van der Waals surface area contributed by atoms with Crippen molar-refractivity contribution in [2.75, 3.05) is 19.8 Å². The van der Waals surface area contributed by atoms with E-state index in [1.54, 1.807) is 6.07 Å². The number of alkyl halides is 3. The average molecular weight is 354 g/mol. The highest BCUT2D eigenvalue weighted by molar-refractivity contribution is 9.10. The molecule has 1 aromatic carbocycles. The Kier molecular flexibility index (Phi) is 5.29. The van der Waals surface area contributed by atoms with E-state index in [9.17, 15) is 13.2 Å². The zero-order valence-corrected chi connectivity index (χ0v) is 12.3. The molecule has 0 spiro atoms. The van der Waals surface area contributed by atoms with Gasteiger partial charge in [-0.1, -0.05) is 15.9 Å². The molecule has 1 aliphatic heterocycles. The molecule has 0 aliphatic carbocycles. The van der Waals surface area contributed by atoms with Crippen LogP contribution in [0, 0.1) is 0 Å². The van der Waals surface area contributed by atoms with E-state index < -0.39 is 12.8 Å². The molecule has 0 bridgehead atoms. The fourth-order valence-electron chi connectivity index (χ4n) is 1.93. The van der Waals surface area contributed by atoms with Crippen molar-refractivity contribution in [1.82, 2.24) is 5.32 Å². The molecule has 112 valence electrons. The number of benzene rings is 1. The van der Waals surface area contributed by atoms with Crippen LogP contribution in [0.3, 0.4) is 0 Å². The predicted octanol–water partition coefficient (Wildman–Crippen LogP) is 3.27. The van der Waals surface area contributed by atoms with Crippen molar-refractivity contribution in [2.24, 2.45) is 0 Å². The Balaban J connectivity index is 1.93. The first-order chi connectivity index (χ1) is 9.42. The van der Waals surface area contributed by atoms with Gasteiger partial charge >= 0.3 is 6.18 Å². The molecule has 3 nitrogen and oxygen atoms in total. The molecule has 1 heterocycles. The fourth-order valence-corrected chi connectivity index (χ4v) is 2.45. The molecule has 20 heavy (non-hydrogen) atoms. The third-order valence-electron chi connectivity index (χ3n) is 2.86. The summed E-state index contributed by atoms with van der Waals surface area (Å²) in [5, 5.41) is 3.30. The van der Waals surface area contributed by atoms with Crippen LogP contribution in [-0.2, 0) is 11.3 Å². The van der Waals surface area contributed by atoms with Crippen molar-refractivity contribution in [1.29, 1.82) is 0 Å². The van der Waals surface area contributed by atoms with Crippen LogP contribution in [0.25, 0.3) is 0 Å². The molecule has 1 fully saturated rings. The fraction of sp³-hybridized carbons (Fsp3) is 0.538. The number of hydrogen-bond acceptors (Lipinski definition) is 3. The Morgan fingerprint density at radius 1 is 1.35 bits per heavy atom. The normalized spacial score (nSPS) is 19.3. The van der Waals surface area contributed by atoms with Crippen LogP contribution < -0.4 is 10.1 Å². The van der Waals surface area contributed by atoms with Crippen LogP contribution in [0.15, 0.2) is 22.7 Å². The van der Waals surface area contributed by atoms with Gasteiger partial charge in [0, 0.05) is 23.7 Å². The summed E-state index contributed by atoms with van der Waals surface area (Å²) in [6.45, 7) is 0.699. The van der Waals surface area contributed by atoms with Gasteiger partial charge in [0.05, 0.1) is 6.61 Å². The summed E-state index contributed by atoms with van der Waals surface area (Å²) in [6.07, 6.45) is -3.38. The molecular formula is C13H15BrF3NO2. The van der Waals surface area contributed by atoms with E-state index in [2.05, 4.69) is 21.2 Å². The maximum Gasteiger partial charge on any atom is 0.422 e. The van der Waals surface area contributed by atoms with Crippen LogP contribution in [-0.4, -0.2) is 32.0 Å². The molecule has 0 radical (unpaired) electrons. The maximum atomic E-state index is 12.1. The Morgan fingerprint density at radius 2 is 2.15 bits per heavy atom. The van der Waals surface area contributed by atoms with Gasteiger partial charge in [0.25, 0.3) is 0 Å². The summed E-state index contributed by atoms with van der Waals surface area (Å²) in [4.78, 5) is 0. The lowest BCUT2D eigenvalue weighted by Gasteiger charge is -2.13. The molecule has 1 unspecified atom stereocenters. The van der Waals surface area contributed by atoms with Crippen LogP contribution in [0.5, 0.6) is 5.75 Å². The second-order valence-corrected chi connectivity index (χ2v) is 5.56. The first kappa shape index (κ1) is 15.6. The smallest absolute Gasteiger partial charge is 0.422 e. The first-order valence-electron chi connectivity index (χ1n) is 6.22. The zero-order valence-electron chi connectivity index (χ0n) is 10.7. The minimum absolute atomic E-state index is 0.205. The van der Waals surface area contributed by atoms with E-state index in [4.69, 9.17) is 9.47 Å². The van der Waals surface area contributed by atoms with Crippen molar-refractivity contribution in [3.8, 4) is 5.75 Å². The highest BCUT2D eigenvalue weighted by Crippen LogP contribution is 2.24. The van der Waals surface area contributed by atoms with E-state index >= 15 is 0 Å². The SMILES string of the molecule is FC(F)(F)COc1cc(Br)cc(CNC2CCOC2)c1. The van der Waals surface area contributed by atoms with Crippen molar-refractivity contribution >= 4 is 15.9 Å². The number of nitrogens with one attached hydrogen (secondary N) is 1. The number of rotatable bonds is 5. The zero-order chi connectivity index (χ0) is 14.6. The Bertz CT molecular complexity index is 448. The van der Waals surface area contributed by atoms with Gasteiger partial charge in [-0.3, -0.25) is 0 Å². The predicted molar refractivity (Wildman–Crippen MR) is 71.8 cm³/mol. The highest BCUT2D eigenvalue weighted by Gasteiger charge is 2.28. The van der Waals surface area contributed by atoms with Gasteiger partial charge in [-0.2, -0.15) is 13.2 Å². The van der Waals surface area contributed by atoms with Crippen molar-refractivity contribution in [3.63, 3.8) is 0 Å². The number of ether oxygens (including phenoxy) is 2. The number of halogens is 4. The standard InChI is InChI=1S/C13H15BrF3NO2/c14-10-3-9(6-18-11-1-2-19-7-11)4-12(5-10)20-8-13(15,16)17/h3-5,11,18H,1-2,6-8H2. The van der Waals surface area contributed by atoms with Gasteiger partial charge < -0.3 is 14.8 Å². The first-order valence-corrected chi connectivity index (χ1v) is 7.02. The van der Waals surface area contributed by atoms with E-state index in [0.717, 1.165) is 18.6 Å². The van der Waals surface area contributed by atoms with E-state index in [0.29, 0.717) is 23.7 Å². The van der Waals surface area contributed by atoms with E-state index in [-0.39, 0.29) is 5.75 Å². The second-order valence-electron chi connectivity index (χ2n) is 4.64. The van der Waals surface area contributed by atoms with Gasteiger partial charge in [-0.25, -0.2) is 0 Å². The molecule has 0 aromatic heterocycles. The van der Waals surface area contributed by atoms with Crippen LogP contribution >= 0.6 is 15.9 Å². The molecule has 1 N–H and O–H groups in total. The van der Waals surface area contributed by atoms with Crippen LogP contribution in [0.2, 0.25) is 0 Å². The van der Waals surface area contributed by atoms with Crippen LogP contribution in [0.1, 0.15) is 12.0 Å². The molecule has 1 atom stereocenters. The van der Waals surface area contributed by atoms with Gasteiger partial charge in [-0.05, 0) is 30.2 Å². The third-order valence-corrected chi connectivity index (χ3v) is 3.32. The third kappa shape index (κ3) is 5.30. The summed E-state index contributed by atoms with van der Waals surface area (Å²) in [5.74, 6) is 0.205. The largest absolute Gasteiger partial charge is 0.484 e. The molecule has 0 amide bonds. The Morgan fingerprint density at radius 3 is 2.80 bits per heavy atom. The monoisotopic (exact) mass is 353 g/mol. The molecule has 1 aromatic rings. The molecule has 2 rings (SSSR count). The highest BCUT2D eigenvalue weighted by atomic mass is 79.9. The number of hydrogen-bond donors (Lipinski definition) is 1. The van der Waals surface area contributed by atoms with Gasteiger partial charge in [0.15, 0.2) is 6.61 Å². The summed E-state index contributed by atoms with van der Waals surface area (Å²) in [5.41, 5.74) is 0.864. The van der Waals surface area contributed by atoms with Gasteiger partial charge in [-0.15, -0.1) is 0 Å². The molecule has 1 aliphatic rings. The van der Waals surface area contributed by atoms with Gasteiger partial charge in [0.1, 0.15) is 5.75 Å². The lowest BCUT2D eigenvalue weighted by molar-refractivity contribution is -0.153. The van der Waals surface area contributed by atoms with Crippen molar-refractivity contribution in [2.45, 2.75) is 25.2 Å². The second kappa shape index (κ2) is 6.78. The van der Waals surface area contributed by atoms with Crippen molar-refractivity contribution in [3.05, 3.63) is 28.2 Å². The molecule has 7 heteroatoms. The minimum Gasteiger partial charge on any atom is -0.484 e. The summed E-state index contributed by atoms with van der Waals surface area (Å²) in [7, 11) is 0. The summed E-state index contributed by atoms with van der Waals surface area (Å²) >= 11 is 3.27. The minimum atomic E-state index is -4.33. The van der Waals surface area contributed by atoms with E-state index in [1.807, 2.05) is 6.07 Å². The van der Waals surface area contributed by atoms with E-state index in [1.165, 1.54) is 6.07 Å². The lowest BCUT2D eigenvalue weighted by Crippen LogP contribution is -2.28. The lowest BCUT2D eigenvalue weighted by atomic mass is 10.2. The molecule has 0 saturated carbocycles. The van der Waals surface area contributed by atoms with Crippen LogP contribution in [0.4, 0.5) is 13.2 Å². The quantitative estimate of drug-likeness (QED) is 0.881. The van der Waals surface area contributed by atoms with Gasteiger partial charge in [0.2, 0.25) is 0 Å². The Labute approximate surface area is 123 Å². The summed E-state index contributed by atoms with van der Waals surface area (Å²) in [6, 6.07) is 5.28. The Hall–Kier alpha value is -0.790. The molecular weight excluding hydrogens is 339 g/mol. The average Bonchev–Trinajstić information content (AvgIpc) is 2.86.